The number of imide groups is 1. The maximum Gasteiger partial charge on any atom is 0.234 e. The van der Waals surface area contributed by atoms with Crippen molar-refractivity contribution >= 4 is 35.0 Å². The maximum absolute atomic E-state index is 12.7. The molecule has 6 heteroatoms. The van der Waals surface area contributed by atoms with Crippen molar-refractivity contribution in [1.29, 1.82) is 0 Å². The summed E-state index contributed by atoms with van der Waals surface area (Å²) in [5, 5.41) is 0.500. The van der Waals surface area contributed by atoms with Crippen molar-refractivity contribution in [2.75, 3.05) is 11.6 Å². The van der Waals surface area contributed by atoms with Gasteiger partial charge in [-0.25, -0.2) is 0 Å². The first kappa shape index (κ1) is 17.0. The molecule has 5 nitrogen and oxygen atoms in total. The second-order valence-electron chi connectivity index (χ2n) is 6.80. The fourth-order valence-electron chi connectivity index (χ4n) is 3.75. The fourth-order valence-corrected chi connectivity index (χ4v) is 3.93. The molecule has 1 saturated carbocycles. The molecule has 3 atom stereocenters. The predicted octanol–water partition coefficient (Wildman–Crippen LogP) is 3.07. The minimum absolute atomic E-state index is 0.0469. The van der Waals surface area contributed by atoms with Gasteiger partial charge in [-0.3, -0.25) is 24.2 Å². The van der Waals surface area contributed by atoms with E-state index in [1.54, 1.807) is 24.3 Å². The summed E-state index contributed by atoms with van der Waals surface area (Å²) >= 11 is 6.00. The number of fused-ring (bicyclic) bond motifs is 1. The van der Waals surface area contributed by atoms with E-state index < -0.39 is 0 Å². The number of hydrogen-bond acceptors (Lipinski definition) is 3. The Kier molecular flexibility index (Phi) is 4.63. The number of amides is 3. The topological polar surface area (TPSA) is 57.7 Å². The molecule has 1 aliphatic carbocycles. The molecule has 1 aromatic carbocycles. The molecule has 0 spiro atoms. The monoisotopic (exact) mass is 348 g/mol. The number of benzene rings is 1. The van der Waals surface area contributed by atoms with E-state index in [4.69, 9.17) is 11.6 Å². The van der Waals surface area contributed by atoms with E-state index in [0.29, 0.717) is 16.6 Å². The van der Waals surface area contributed by atoms with Crippen LogP contribution in [0.4, 0.5) is 5.69 Å². The molecule has 2 aliphatic rings. The minimum atomic E-state index is -0.235. The van der Waals surface area contributed by atoms with Gasteiger partial charge in [0.1, 0.15) is 6.67 Å². The zero-order valence-corrected chi connectivity index (χ0v) is 14.6. The van der Waals surface area contributed by atoms with Crippen LogP contribution in [-0.4, -0.2) is 29.3 Å². The first-order chi connectivity index (χ1) is 11.4. The molecule has 1 saturated heterocycles. The van der Waals surface area contributed by atoms with Crippen LogP contribution in [0.15, 0.2) is 24.3 Å². The highest BCUT2D eigenvalue weighted by molar-refractivity contribution is 6.30. The molecule has 3 amide bonds. The van der Waals surface area contributed by atoms with E-state index in [1.807, 2.05) is 0 Å². The molecule has 0 N–H and O–H groups in total. The van der Waals surface area contributed by atoms with Gasteiger partial charge >= 0.3 is 0 Å². The zero-order valence-electron chi connectivity index (χ0n) is 13.9. The van der Waals surface area contributed by atoms with Crippen LogP contribution in [0.25, 0.3) is 0 Å². The van der Waals surface area contributed by atoms with Crippen molar-refractivity contribution in [2.45, 2.75) is 33.1 Å². The van der Waals surface area contributed by atoms with Gasteiger partial charge in [0.15, 0.2) is 0 Å². The Balaban J connectivity index is 1.84. The van der Waals surface area contributed by atoms with Gasteiger partial charge < -0.3 is 0 Å². The SMILES string of the molecule is CC(=O)N(CN1C(=O)[C@H]2C[C@H](C)CC[C@H]2C1=O)c1cccc(Cl)c1. The normalized spacial score (nSPS) is 26.5. The van der Waals surface area contributed by atoms with Crippen molar-refractivity contribution in [1.82, 2.24) is 4.90 Å². The average molecular weight is 349 g/mol. The Morgan fingerprint density at radius 2 is 1.96 bits per heavy atom. The molecule has 0 bridgehead atoms. The zero-order chi connectivity index (χ0) is 17.4. The Labute approximate surface area is 146 Å². The second-order valence-corrected chi connectivity index (χ2v) is 7.24. The van der Waals surface area contributed by atoms with Crippen LogP contribution in [0.3, 0.4) is 0 Å². The van der Waals surface area contributed by atoms with Crippen LogP contribution in [0.5, 0.6) is 0 Å². The summed E-state index contributed by atoms with van der Waals surface area (Å²) in [5.41, 5.74) is 0.582. The number of halogens is 1. The highest BCUT2D eigenvalue weighted by Crippen LogP contribution is 2.40. The average Bonchev–Trinajstić information content (AvgIpc) is 2.76. The Bertz CT molecular complexity index is 691. The van der Waals surface area contributed by atoms with E-state index in [2.05, 4.69) is 6.92 Å². The van der Waals surface area contributed by atoms with Gasteiger partial charge in [-0.1, -0.05) is 24.6 Å². The standard InChI is InChI=1S/C18H21ClN2O3/c1-11-6-7-15-16(8-11)18(24)21(17(15)23)10-20(12(2)22)14-5-3-4-13(19)9-14/h3-5,9,11,15-16H,6-8,10H2,1-2H3/t11-,15-,16+/m1/s1. The summed E-state index contributed by atoms with van der Waals surface area (Å²) in [4.78, 5) is 40.1. The summed E-state index contributed by atoms with van der Waals surface area (Å²) < 4.78 is 0. The molecule has 3 rings (SSSR count). The van der Waals surface area contributed by atoms with Gasteiger partial charge in [0.25, 0.3) is 0 Å². The van der Waals surface area contributed by atoms with Crippen LogP contribution >= 0.6 is 11.6 Å². The molecule has 0 unspecified atom stereocenters. The predicted molar refractivity (Wildman–Crippen MR) is 91.3 cm³/mol. The number of nitrogens with zero attached hydrogens (tertiary/aromatic N) is 2. The van der Waals surface area contributed by atoms with Crippen molar-refractivity contribution in [3.05, 3.63) is 29.3 Å². The summed E-state index contributed by atoms with van der Waals surface area (Å²) in [6, 6.07) is 6.85. The first-order valence-corrected chi connectivity index (χ1v) is 8.65. The Hall–Kier alpha value is -1.88. The number of likely N-dealkylation sites (tertiary alicyclic amines) is 1. The first-order valence-electron chi connectivity index (χ1n) is 8.27. The van der Waals surface area contributed by atoms with Crippen molar-refractivity contribution in [3.63, 3.8) is 0 Å². The summed E-state index contributed by atoms with van der Waals surface area (Å²) in [7, 11) is 0. The van der Waals surface area contributed by atoms with Gasteiger partial charge in [-0.2, -0.15) is 0 Å². The molecular formula is C18H21ClN2O3. The highest BCUT2D eigenvalue weighted by atomic mass is 35.5. The van der Waals surface area contributed by atoms with Crippen molar-refractivity contribution in [3.8, 4) is 0 Å². The molecule has 0 radical (unpaired) electrons. The van der Waals surface area contributed by atoms with Gasteiger partial charge in [-0.05, 0) is 43.4 Å². The third kappa shape index (κ3) is 3.05. The van der Waals surface area contributed by atoms with Crippen LogP contribution in [-0.2, 0) is 14.4 Å². The molecule has 0 aromatic heterocycles. The molecule has 1 aliphatic heterocycles. The quantitative estimate of drug-likeness (QED) is 0.789. The lowest BCUT2D eigenvalue weighted by Gasteiger charge is -2.26. The fraction of sp³-hybridized carbons (Fsp3) is 0.500. The van der Waals surface area contributed by atoms with Crippen molar-refractivity contribution < 1.29 is 14.4 Å². The van der Waals surface area contributed by atoms with Gasteiger partial charge in [-0.15, -0.1) is 0 Å². The van der Waals surface area contributed by atoms with Gasteiger partial charge in [0.05, 0.1) is 11.8 Å². The third-order valence-electron chi connectivity index (χ3n) is 5.06. The molecule has 1 heterocycles. The molecular weight excluding hydrogens is 328 g/mol. The molecule has 1 aromatic rings. The van der Waals surface area contributed by atoms with Crippen molar-refractivity contribution in [2.24, 2.45) is 17.8 Å². The molecule has 24 heavy (non-hydrogen) atoms. The number of hydrogen-bond donors (Lipinski definition) is 0. The van der Waals surface area contributed by atoms with Crippen LogP contribution in [0.2, 0.25) is 5.02 Å². The van der Waals surface area contributed by atoms with E-state index in [9.17, 15) is 14.4 Å². The van der Waals surface area contributed by atoms with Crippen LogP contribution in [0.1, 0.15) is 33.1 Å². The number of rotatable bonds is 3. The summed E-state index contributed by atoms with van der Waals surface area (Å²) in [6.07, 6.45) is 2.48. The minimum Gasteiger partial charge on any atom is -0.294 e. The Morgan fingerprint density at radius 1 is 1.25 bits per heavy atom. The van der Waals surface area contributed by atoms with E-state index in [1.165, 1.54) is 16.7 Å². The lowest BCUT2D eigenvalue weighted by atomic mass is 9.76. The van der Waals surface area contributed by atoms with Crippen LogP contribution < -0.4 is 4.90 Å². The third-order valence-corrected chi connectivity index (χ3v) is 5.30. The van der Waals surface area contributed by atoms with E-state index >= 15 is 0 Å². The smallest absolute Gasteiger partial charge is 0.234 e. The summed E-state index contributed by atoms with van der Waals surface area (Å²) in [6.45, 7) is 3.49. The number of anilines is 1. The Morgan fingerprint density at radius 3 is 2.62 bits per heavy atom. The highest BCUT2D eigenvalue weighted by Gasteiger charge is 2.49. The molecule has 128 valence electrons. The largest absolute Gasteiger partial charge is 0.294 e. The van der Waals surface area contributed by atoms with Gasteiger partial charge in [0, 0.05) is 17.6 Å². The lowest BCUT2D eigenvalue weighted by molar-refractivity contribution is -0.140. The van der Waals surface area contributed by atoms with Crippen LogP contribution in [0, 0.1) is 17.8 Å². The maximum atomic E-state index is 12.7. The van der Waals surface area contributed by atoms with Gasteiger partial charge in [0.2, 0.25) is 17.7 Å². The lowest BCUT2D eigenvalue weighted by Crippen LogP contribution is -2.44. The second kappa shape index (κ2) is 6.55. The molecule has 2 fully saturated rings. The number of carbonyl (C=O) groups is 3. The number of carbonyl (C=O) groups excluding carboxylic acids is 3. The summed E-state index contributed by atoms with van der Waals surface area (Å²) in [5.74, 6) is -0.521. The van der Waals surface area contributed by atoms with E-state index in [0.717, 1.165) is 19.3 Å². The van der Waals surface area contributed by atoms with E-state index in [-0.39, 0.29) is 36.2 Å².